The van der Waals surface area contributed by atoms with E-state index in [4.69, 9.17) is 5.73 Å². The molecule has 0 aliphatic carbocycles. The number of hydrogen-bond acceptors (Lipinski definition) is 4. The highest BCUT2D eigenvalue weighted by Crippen LogP contribution is 2.33. The number of nitrogens with zero attached hydrogens (tertiary/aromatic N) is 1. The van der Waals surface area contributed by atoms with Gasteiger partial charge in [-0.2, -0.15) is 0 Å². The smallest absolute Gasteiger partial charge is 0.221 e. The predicted octanol–water partition coefficient (Wildman–Crippen LogP) is 4.57. The highest BCUT2D eigenvalue weighted by Gasteiger charge is 2.27. The van der Waals surface area contributed by atoms with Gasteiger partial charge in [-0.05, 0) is 54.0 Å². The maximum absolute atomic E-state index is 12.5. The number of nitrogens with one attached hydrogen (secondary N) is 2. The van der Waals surface area contributed by atoms with E-state index < -0.39 is 0 Å². The monoisotopic (exact) mass is 468 g/mol. The second-order valence-electron chi connectivity index (χ2n) is 13.8. The average Bonchev–Trinajstić information content (AvgIpc) is 2.60. The maximum atomic E-state index is 12.5. The average molecular weight is 469 g/mol. The summed E-state index contributed by atoms with van der Waals surface area (Å²) in [7, 11) is 0. The molecule has 0 aromatic heterocycles. The van der Waals surface area contributed by atoms with Gasteiger partial charge < -0.3 is 21.3 Å². The van der Waals surface area contributed by atoms with Crippen molar-refractivity contribution in [3.63, 3.8) is 0 Å². The van der Waals surface area contributed by atoms with Gasteiger partial charge in [0.05, 0.1) is 0 Å². The Bertz CT molecular complexity index is 538. The second-order valence-corrected chi connectivity index (χ2v) is 13.8. The topological polar surface area (TPSA) is 87.5 Å². The molecule has 0 rings (SSSR count). The molecule has 0 aromatic rings. The van der Waals surface area contributed by atoms with Crippen LogP contribution in [-0.4, -0.2) is 56.0 Å². The van der Waals surface area contributed by atoms with E-state index in [1.165, 1.54) is 0 Å². The minimum absolute atomic E-state index is 0.0615. The summed E-state index contributed by atoms with van der Waals surface area (Å²) in [4.78, 5) is 27.1. The molecular formula is C27H56N4O2. The lowest BCUT2D eigenvalue weighted by Crippen LogP contribution is -2.40. The molecule has 0 saturated carbocycles. The molecule has 0 aliphatic heterocycles. The zero-order valence-electron chi connectivity index (χ0n) is 23.6. The van der Waals surface area contributed by atoms with Crippen LogP contribution < -0.4 is 16.4 Å². The fraction of sp³-hybridized carbons (Fsp3) is 0.926. The third kappa shape index (κ3) is 18.9. The van der Waals surface area contributed by atoms with Crippen LogP contribution in [0.5, 0.6) is 0 Å². The minimum atomic E-state index is 0.0615. The number of amides is 2. The minimum Gasteiger partial charge on any atom is -0.356 e. The first-order chi connectivity index (χ1) is 14.8. The molecule has 4 N–H and O–H groups in total. The van der Waals surface area contributed by atoms with Crippen molar-refractivity contribution in [3.05, 3.63) is 0 Å². The normalized spacial score (nSPS) is 13.3. The molecule has 0 fully saturated rings. The first kappa shape index (κ1) is 31.9. The molecule has 0 atom stereocenters. The molecule has 0 saturated heterocycles. The lowest BCUT2D eigenvalue weighted by Gasteiger charge is -2.32. The second kappa shape index (κ2) is 13.7. The van der Waals surface area contributed by atoms with E-state index in [0.717, 1.165) is 25.8 Å². The fourth-order valence-corrected chi connectivity index (χ4v) is 5.02. The van der Waals surface area contributed by atoms with Crippen molar-refractivity contribution >= 4 is 11.8 Å². The molecule has 0 heterocycles. The Balaban J connectivity index is 4.52. The standard InChI is InChI=1S/C27H56N4O2/c1-24(2,3)18-26(7,8)20-29-22(32)12-16-31(15-11-14-28)17-13-23(33)30-21-27(9,10)19-25(4,5)6/h11-21,28H2,1-10H3,(H,29,32)(H,30,33). The summed E-state index contributed by atoms with van der Waals surface area (Å²) in [6, 6.07) is 0. The highest BCUT2D eigenvalue weighted by atomic mass is 16.2. The summed E-state index contributed by atoms with van der Waals surface area (Å²) in [5.74, 6) is 0.145. The maximum Gasteiger partial charge on any atom is 0.221 e. The van der Waals surface area contributed by atoms with E-state index >= 15 is 0 Å². The Morgan fingerprint density at radius 1 is 0.667 bits per heavy atom. The molecular weight excluding hydrogens is 412 g/mol. The SMILES string of the molecule is CC(C)(C)CC(C)(C)CNC(=O)CCN(CCCN)CCC(=O)NCC(C)(C)CC(C)(C)C. The molecule has 0 aromatic carbocycles. The third-order valence-corrected chi connectivity index (χ3v) is 5.53. The number of carbonyl (C=O) groups excluding carboxylic acids is 2. The number of carbonyl (C=O) groups is 2. The summed E-state index contributed by atoms with van der Waals surface area (Å²) in [6.07, 6.45) is 3.84. The van der Waals surface area contributed by atoms with Gasteiger partial charge in [0.15, 0.2) is 0 Å². The Kier molecular flexibility index (Phi) is 13.2. The first-order valence-corrected chi connectivity index (χ1v) is 12.8. The summed E-state index contributed by atoms with van der Waals surface area (Å²) in [5, 5.41) is 6.22. The number of rotatable bonds is 15. The summed E-state index contributed by atoms with van der Waals surface area (Å²) >= 11 is 0. The summed E-state index contributed by atoms with van der Waals surface area (Å²) < 4.78 is 0. The lowest BCUT2D eigenvalue weighted by molar-refractivity contribution is -0.122. The van der Waals surface area contributed by atoms with Gasteiger partial charge in [-0.1, -0.05) is 69.2 Å². The van der Waals surface area contributed by atoms with E-state index in [-0.39, 0.29) is 33.5 Å². The van der Waals surface area contributed by atoms with Gasteiger partial charge in [0.25, 0.3) is 0 Å². The molecule has 2 amide bonds. The van der Waals surface area contributed by atoms with Crippen LogP contribution >= 0.6 is 0 Å². The Hall–Kier alpha value is -1.14. The third-order valence-electron chi connectivity index (χ3n) is 5.53. The molecule has 6 heteroatoms. The van der Waals surface area contributed by atoms with Gasteiger partial charge in [-0.3, -0.25) is 9.59 Å². The fourth-order valence-electron chi connectivity index (χ4n) is 5.02. The number of nitrogens with two attached hydrogens (primary N) is 1. The zero-order chi connectivity index (χ0) is 25.9. The van der Waals surface area contributed by atoms with Crippen molar-refractivity contribution in [2.45, 2.75) is 101 Å². The first-order valence-electron chi connectivity index (χ1n) is 12.8. The van der Waals surface area contributed by atoms with Gasteiger partial charge in [0, 0.05) is 39.0 Å². The van der Waals surface area contributed by atoms with Crippen LogP contribution in [0.3, 0.4) is 0 Å². The number of hydrogen-bond donors (Lipinski definition) is 3. The Morgan fingerprint density at radius 3 is 1.33 bits per heavy atom. The zero-order valence-corrected chi connectivity index (χ0v) is 23.6. The molecule has 196 valence electrons. The molecule has 0 radical (unpaired) electrons. The molecule has 33 heavy (non-hydrogen) atoms. The van der Waals surface area contributed by atoms with Gasteiger partial charge >= 0.3 is 0 Å². The molecule has 0 unspecified atom stereocenters. The Labute approximate surface area is 205 Å². The molecule has 0 bridgehead atoms. The van der Waals surface area contributed by atoms with E-state index in [2.05, 4.69) is 84.8 Å². The van der Waals surface area contributed by atoms with Crippen LogP contribution in [-0.2, 0) is 9.59 Å². The Morgan fingerprint density at radius 2 is 1.03 bits per heavy atom. The summed E-state index contributed by atoms with van der Waals surface area (Å²) in [5.41, 5.74) is 6.28. The lowest BCUT2D eigenvalue weighted by atomic mass is 9.76. The van der Waals surface area contributed by atoms with Crippen LogP contribution in [0.25, 0.3) is 0 Å². The van der Waals surface area contributed by atoms with Crippen molar-refractivity contribution in [2.24, 2.45) is 27.4 Å². The van der Waals surface area contributed by atoms with Crippen molar-refractivity contribution < 1.29 is 9.59 Å². The van der Waals surface area contributed by atoms with Crippen LogP contribution in [0.15, 0.2) is 0 Å². The van der Waals surface area contributed by atoms with Crippen molar-refractivity contribution in [2.75, 3.05) is 39.3 Å². The predicted molar refractivity (Wildman–Crippen MR) is 141 cm³/mol. The van der Waals surface area contributed by atoms with E-state index in [1.54, 1.807) is 0 Å². The van der Waals surface area contributed by atoms with Crippen LogP contribution in [0.4, 0.5) is 0 Å². The molecule has 0 aliphatic rings. The van der Waals surface area contributed by atoms with Gasteiger partial charge in [0.2, 0.25) is 11.8 Å². The quantitative estimate of drug-likeness (QED) is 0.328. The van der Waals surface area contributed by atoms with Crippen molar-refractivity contribution in [1.29, 1.82) is 0 Å². The van der Waals surface area contributed by atoms with E-state index in [9.17, 15) is 9.59 Å². The van der Waals surface area contributed by atoms with Crippen molar-refractivity contribution in [3.8, 4) is 0 Å². The van der Waals surface area contributed by atoms with Crippen LogP contribution in [0.2, 0.25) is 0 Å². The highest BCUT2D eigenvalue weighted by molar-refractivity contribution is 5.76. The summed E-state index contributed by atoms with van der Waals surface area (Å²) in [6.45, 7) is 26.3. The van der Waals surface area contributed by atoms with E-state index in [0.29, 0.717) is 45.6 Å². The van der Waals surface area contributed by atoms with Crippen molar-refractivity contribution in [1.82, 2.24) is 15.5 Å². The largest absolute Gasteiger partial charge is 0.356 e. The van der Waals surface area contributed by atoms with Gasteiger partial charge in [-0.25, -0.2) is 0 Å². The van der Waals surface area contributed by atoms with Crippen LogP contribution in [0, 0.1) is 21.7 Å². The molecule has 0 spiro atoms. The van der Waals surface area contributed by atoms with Crippen LogP contribution in [0.1, 0.15) is 101 Å². The molecule has 6 nitrogen and oxygen atoms in total. The van der Waals surface area contributed by atoms with Gasteiger partial charge in [-0.15, -0.1) is 0 Å². The van der Waals surface area contributed by atoms with Gasteiger partial charge in [0.1, 0.15) is 0 Å². The van der Waals surface area contributed by atoms with E-state index in [1.807, 2.05) is 0 Å².